The van der Waals surface area contributed by atoms with Gasteiger partial charge in [-0.25, -0.2) is 4.39 Å². The molecule has 6 nitrogen and oxygen atoms in total. The van der Waals surface area contributed by atoms with Gasteiger partial charge in [0.05, 0.1) is 17.2 Å². The van der Waals surface area contributed by atoms with E-state index in [1.807, 2.05) is 0 Å². The highest BCUT2D eigenvalue weighted by atomic mass is 32.2. The number of carbonyl (C=O) groups is 1. The van der Waals surface area contributed by atoms with Crippen molar-refractivity contribution < 1.29 is 18.0 Å². The van der Waals surface area contributed by atoms with Crippen molar-refractivity contribution in [2.75, 3.05) is 5.32 Å². The zero-order valence-corrected chi connectivity index (χ0v) is 12.8. The summed E-state index contributed by atoms with van der Waals surface area (Å²) in [5, 5.41) is 9.91. The second-order valence-corrected chi connectivity index (χ2v) is 5.87. The summed E-state index contributed by atoms with van der Waals surface area (Å²) in [5.41, 5.74) is 0.131. The summed E-state index contributed by atoms with van der Waals surface area (Å²) in [7, 11) is 0. The maximum absolute atomic E-state index is 13.5. The standard InChI is InChI=1S/C15H12FN3O3S/c1-9(13(20)17-11-6-3-2-5-10(11)16)23-15-19-18-14(22-15)12-7-4-8-21-12/h2-9H,1H3,(H,17,20)/t9-/m1/s1. The number of anilines is 1. The second-order valence-electron chi connectivity index (χ2n) is 4.58. The van der Waals surface area contributed by atoms with Gasteiger partial charge in [0.25, 0.3) is 11.1 Å². The molecule has 0 radical (unpaired) electrons. The van der Waals surface area contributed by atoms with Crippen LogP contribution in [0.25, 0.3) is 11.7 Å². The van der Waals surface area contributed by atoms with Gasteiger partial charge in [0.2, 0.25) is 5.91 Å². The molecule has 3 aromatic rings. The molecule has 2 heterocycles. The van der Waals surface area contributed by atoms with Crippen LogP contribution in [0.15, 0.2) is 56.7 Å². The molecule has 1 atom stereocenters. The summed E-state index contributed by atoms with van der Waals surface area (Å²) >= 11 is 1.08. The van der Waals surface area contributed by atoms with Gasteiger partial charge in [0.1, 0.15) is 5.82 Å². The zero-order valence-electron chi connectivity index (χ0n) is 12.0. The number of aromatic nitrogens is 2. The molecule has 0 saturated carbocycles. The van der Waals surface area contributed by atoms with Crippen LogP contribution in [0.4, 0.5) is 10.1 Å². The van der Waals surface area contributed by atoms with Crippen molar-refractivity contribution in [3.05, 3.63) is 48.5 Å². The first-order valence-electron chi connectivity index (χ1n) is 6.73. The summed E-state index contributed by atoms with van der Waals surface area (Å²) in [6, 6.07) is 9.36. The fourth-order valence-electron chi connectivity index (χ4n) is 1.76. The van der Waals surface area contributed by atoms with Crippen molar-refractivity contribution >= 4 is 23.4 Å². The van der Waals surface area contributed by atoms with Crippen LogP contribution in [0.2, 0.25) is 0 Å². The third-order valence-electron chi connectivity index (χ3n) is 2.92. The summed E-state index contributed by atoms with van der Waals surface area (Å²) in [6.07, 6.45) is 1.50. The fourth-order valence-corrected chi connectivity index (χ4v) is 2.44. The van der Waals surface area contributed by atoms with Crippen molar-refractivity contribution in [2.45, 2.75) is 17.4 Å². The Morgan fingerprint density at radius 1 is 1.26 bits per heavy atom. The van der Waals surface area contributed by atoms with E-state index in [9.17, 15) is 9.18 Å². The van der Waals surface area contributed by atoms with Crippen molar-refractivity contribution in [3.8, 4) is 11.7 Å². The quantitative estimate of drug-likeness (QED) is 0.719. The van der Waals surface area contributed by atoms with Gasteiger partial charge in [-0.15, -0.1) is 10.2 Å². The monoisotopic (exact) mass is 333 g/mol. The number of furan rings is 1. The minimum absolute atomic E-state index is 0.131. The molecule has 0 unspecified atom stereocenters. The molecule has 0 bridgehead atoms. The second kappa shape index (κ2) is 6.66. The average molecular weight is 333 g/mol. The van der Waals surface area contributed by atoms with Crippen LogP contribution >= 0.6 is 11.8 Å². The van der Waals surface area contributed by atoms with E-state index in [4.69, 9.17) is 8.83 Å². The lowest BCUT2D eigenvalue weighted by Gasteiger charge is -2.10. The number of nitrogens with zero attached hydrogens (tertiary/aromatic N) is 2. The van der Waals surface area contributed by atoms with Crippen LogP contribution in [-0.2, 0) is 4.79 Å². The van der Waals surface area contributed by atoms with Gasteiger partial charge in [0, 0.05) is 0 Å². The van der Waals surface area contributed by atoms with E-state index in [1.54, 1.807) is 31.2 Å². The first-order chi connectivity index (χ1) is 11.1. The van der Waals surface area contributed by atoms with Crippen LogP contribution < -0.4 is 5.32 Å². The lowest BCUT2D eigenvalue weighted by molar-refractivity contribution is -0.115. The van der Waals surface area contributed by atoms with Gasteiger partial charge < -0.3 is 14.2 Å². The molecule has 23 heavy (non-hydrogen) atoms. The number of nitrogens with one attached hydrogen (secondary N) is 1. The Morgan fingerprint density at radius 2 is 2.09 bits per heavy atom. The van der Waals surface area contributed by atoms with Gasteiger partial charge >= 0.3 is 0 Å². The number of hydrogen-bond donors (Lipinski definition) is 1. The number of halogens is 1. The van der Waals surface area contributed by atoms with Gasteiger partial charge in [-0.05, 0) is 31.2 Å². The fraction of sp³-hybridized carbons (Fsp3) is 0.133. The van der Waals surface area contributed by atoms with Gasteiger partial charge in [-0.1, -0.05) is 23.9 Å². The molecule has 0 aliphatic carbocycles. The molecule has 1 N–H and O–H groups in total. The zero-order chi connectivity index (χ0) is 16.2. The number of amides is 1. The number of thioether (sulfide) groups is 1. The molecule has 8 heteroatoms. The Labute approximate surface area is 135 Å². The average Bonchev–Trinajstić information content (AvgIpc) is 3.20. The van der Waals surface area contributed by atoms with Crippen molar-refractivity contribution in [3.63, 3.8) is 0 Å². The van der Waals surface area contributed by atoms with E-state index in [0.29, 0.717) is 5.76 Å². The predicted molar refractivity (Wildman–Crippen MR) is 82.3 cm³/mol. The third kappa shape index (κ3) is 3.59. The maximum atomic E-state index is 13.5. The Hall–Kier alpha value is -2.61. The number of carbonyl (C=O) groups excluding carboxylic acids is 1. The first kappa shape index (κ1) is 15.3. The highest BCUT2D eigenvalue weighted by molar-refractivity contribution is 8.00. The minimum Gasteiger partial charge on any atom is -0.459 e. The van der Waals surface area contributed by atoms with Crippen LogP contribution in [-0.4, -0.2) is 21.4 Å². The van der Waals surface area contributed by atoms with E-state index in [2.05, 4.69) is 15.5 Å². The molecule has 0 aliphatic heterocycles. The molecular formula is C15H12FN3O3S. The molecular weight excluding hydrogens is 321 g/mol. The number of para-hydroxylation sites is 1. The van der Waals surface area contributed by atoms with E-state index < -0.39 is 11.1 Å². The third-order valence-corrected chi connectivity index (χ3v) is 3.85. The molecule has 0 saturated heterocycles. The molecule has 1 amide bonds. The SMILES string of the molecule is C[C@@H](Sc1nnc(-c2ccco2)o1)C(=O)Nc1ccccc1F. The largest absolute Gasteiger partial charge is 0.459 e. The highest BCUT2D eigenvalue weighted by Gasteiger charge is 2.20. The summed E-state index contributed by atoms with van der Waals surface area (Å²) in [4.78, 5) is 12.1. The lowest BCUT2D eigenvalue weighted by atomic mass is 10.3. The topological polar surface area (TPSA) is 81.2 Å². The Bertz CT molecular complexity index is 804. The van der Waals surface area contributed by atoms with Crippen molar-refractivity contribution in [1.29, 1.82) is 0 Å². The molecule has 0 fully saturated rings. The number of benzene rings is 1. The van der Waals surface area contributed by atoms with Crippen LogP contribution in [0.5, 0.6) is 0 Å². The normalized spacial score (nSPS) is 12.1. The van der Waals surface area contributed by atoms with Crippen LogP contribution in [0.1, 0.15) is 6.92 Å². The van der Waals surface area contributed by atoms with Gasteiger partial charge in [-0.2, -0.15) is 0 Å². The predicted octanol–water partition coefficient (Wildman–Crippen LogP) is 3.59. The first-order valence-corrected chi connectivity index (χ1v) is 7.61. The van der Waals surface area contributed by atoms with Gasteiger partial charge in [0.15, 0.2) is 5.76 Å². The maximum Gasteiger partial charge on any atom is 0.284 e. The Kier molecular flexibility index (Phi) is 4.42. The molecule has 118 valence electrons. The summed E-state index contributed by atoms with van der Waals surface area (Å²) in [6.45, 7) is 1.66. The summed E-state index contributed by atoms with van der Waals surface area (Å²) in [5.74, 6) is -0.166. The van der Waals surface area contributed by atoms with Crippen LogP contribution in [0.3, 0.4) is 0 Å². The van der Waals surface area contributed by atoms with Crippen LogP contribution in [0, 0.1) is 5.82 Å². The Morgan fingerprint density at radius 3 is 2.83 bits per heavy atom. The van der Waals surface area contributed by atoms with E-state index in [1.165, 1.54) is 18.4 Å². The van der Waals surface area contributed by atoms with Gasteiger partial charge in [-0.3, -0.25) is 4.79 Å². The molecule has 2 aromatic heterocycles. The van der Waals surface area contributed by atoms with E-state index in [0.717, 1.165) is 11.8 Å². The molecule has 0 aliphatic rings. The smallest absolute Gasteiger partial charge is 0.284 e. The van der Waals surface area contributed by atoms with Crippen molar-refractivity contribution in [2.24, 2.45) is 0 Å². The lowest BCUT2D eigenvalue weighted by Crippen LogP contribution is -2.22. The van der Waals surface area contributed by atoms with Crippen molar-refractivity contribution in [1.82, 2.24) is 10.2 Å². The molecule has 3 rings (SSSR count). The molecule has 0 spiro atoms. The highest BCUT2D eigenvalue weighted by Crippen LogP contribution is 2.27. The number of rotatable bonds is 5. The van der Waals surface area contributed by atoms with E-state index in [-0.39, 0.29) is 22.7 Å². The van der Waals surface area contributed by atoms with E-state index >= 15 is 0 Å². The number of hydrogen-bond acceptors (Lipinski definition) is 6. The molecule has 1 aromatic carbocycles. The Balaban J connectivity index is 1.64. The minimum atomic E-state index is -0.542. The summed E-state index contributed by atoms with van der Waals surface area (Å²) < 4.78 is 24.1.